The van der Waals surface area contributed by atoms with E-state index in [1.807, 2.05) is 43.0 Å². The Morgan fingerprint density at radius 2 is 2.00 bits per heavy atom. The molecule has 164 valence electrons. The number of piperidine rings is 1. The highest BCUT2D eigenvalue weighted by molar-refractivity contribution is 5.97. The molecule has 2 aliphatic rings. The zero-order valence-electron chi connectivity index (χ0n) is 18.2. The van der Waals surface area contributed by atoms with Crippen LogP contribution in [-0.4, -0.2) is 68.5 Å². The van der Waals surface area contributed by atoms with Crippen LogP contribution in [0.15, 0.2) is 29.3 Å². The van der Waals surface area contributed by atoms with Crippen molar-refractivity contribution in [3.63, 3.8) is 0 Å². The van der Waals surface area contributed by atoms with Gasteiger partial charge in [-0.25, -0.2) is 0 Å². The third kappa shape index (κ3) is 5.43. The molecule has 0 aliphatic carbocycles. The quantitative estimate of drug-likeness (QED) is 0.419. The van der Waals surface area contributed by atoms with Gasteiger partial charge in [-0.1, -0.05) is 26.0 Å². The summed E-state index contributed by atoms with van der Waals surface area (Å²) < 4.78 is 5.49. The van der Waals surface area contributed by atoms with E-state index in [0.29, 0.717) is 19.1 Å². The van der Waals surface area contributed by atoms with Crippen LogP contribution < -0.4 is 20.3 Å². The van der Waals surface area contributed by atoms with E-state index >= 15 is 0 Å². The maximum Gasteiger partial charge on any atom is 0.265 e. The number of nitrogens with one attached hydrogen (secondary N) is 2. The number of fused-ring (bicyclic) bond motifs is 1. The number of guanidine groups is 1. The van der Waals surface area contributed by atoms with Gasteiger partial charge in [-0.05, 0) is 31.4 Å². The number of anilines is 1. The van der Waals surface area contributed by atoms with Crippen molar-refractivity contribution >= 4 is 23.5 Å². The Labute approximate surface area is 178 Å². The van der Waals surface area contributed by atoms with Gasteiger partial charge in [0.15, 0.2) is 12.6 Å². The van der Waals surface area contributed by atoms with Crippen LogP contribution in [0.3, 0.4) is 0 Å². The van der Waals surface area contributed by atoms with Crippen LogP contribution in [0.1, 0.15) is 33.1 Å². The summed E-state index contributed by atoms with van der Waals surface area (Å²) in [7, 11) is 1.76. The van der Waals surface area contributed by atoms with E-state index in [1.165, 1.54) is 0 Å². The summed E-state index contributed by atoms with van der Waals surface area (Å²) in [6, 6.07) is 7.93. The summed E-state index contributed by atoms with van der Waals surface area (Å²) in [5.74, 6) is 1.78. The minimum atomic E-state index is -0.0149. The Bertz CT molecular complexity index is 772. The van der Waals surface area contributed by atoms with Crippen molar-refractivity contribution in [2.45, 2.75) is 39.2 Å². The van der Waals surface area contributed by atoms with Crippen molar-refractivity contribution in [2.75, 3.05) is 44.7 Å². The Kier molecular flexibility index (Phi) is 7.54. The first-order valence-electron chi connectivity index (χ1n) is 10.8. The summed E-state index contributed by atoms with van der Waals surface area (Å²) in [4.78, 5) is 32.4. The molecule has 0 unspecified atom stereocenters. The summed E-state index contributed by atoms with van der Waals surface area (Å²) >= 11 is 0. The SMILES string of the molecule is CN=C(NCCCN1C(=O)COc2ccccc21)NC1CCN(C(=O)C(C)C)CC1. The molecule has 0 radical (unpaired) electrons. The van der Waals surface area contributed by atoms with Crippen LogP contribution in [0.2, 0.25) is 0 Å². The fourth-order valence-electron chi connectivity index (χ4n) is 3.84. The van der Waals surface area contributed by atoms with Gasteiger partial charge in [-0.15, -0.1) is 0 Å². The molecule has 2 heterocycles. The van der Waals surface area contributed by atoms with Crippen molar-refractivity contribution in [3.8, 4) is 5.75 Å². The Balaban J connectivity index is 1.41. The van der Waals surface area contributed by atoms with Crippen molar-refractivity contribution in [2.24, 2.45) is 10.9 Å². The molecule has 30 heavy (non-hydrogen) atoms. The van der Waals surface area contributed by atoms with Gasteiger partial charge in [0.05, 0.1) is 5.69 Å². The van der Waals surface area contributed by atoms with E-state index in [9.17, 15) is 9.59 Å². The first-order chi connectivity index (χ1) is 14.5. The second-order valence-corrected chi connectivity index (χ2v) is 8.05. The van der Waals surface area contributed by atoms with Crippen molar-refractivity contribution < 1.29 is 14.3 Å². The highest BCUT2D eigenvalue weighted by Crippen LogP contribution is 2.31. The van der Waals surface area contributed by atoms with Crippen molar-refractivity contribution in [1.29, 1.82) is 0 Å². The summed E-state index contributed by atoms with van der Waals surface area (Å²) in [6.45, 7) is 6.87. The van der Waals surface area contributed by atoms with Crippen LogP contribution in [0.5, 0.6) is 5.75 Å². The fraction of sp³-hybridized carbons (Fsp3) is 0.591. The van der Waals surface area contributed by atoms with Crippen LogP contribution in [0, 0.1) is 5.92 Å². The van der Waals surface area contributed by atoms with Gasteiger partial charge in [0, 0.05) is 45.2 Å². The highest BCUT2D eigenvalue weighted by Gasteiger charge is 2.26. The number of para-hydroxylation sites is 2. The molecule has 0 atom stereocenters. The normalized spacial score (nSPS) is 17.6. The highest BCUT2D eigenvalue weighted by atomic mass is 16.5. The van der Waals surface area contributed by atoms with E-state index in [0.717, 1.165) is 49.7 Å². The van der Waals surface area contributed by atoms with Gasteiger partial charge in [0.2, 0.25) is 5.91 Å². The summed E-state index contributed by atoms with van der Waals surface area (Å²) in [6.07, 6.45) is 2.62. The van der Waals surface area contributed by atoms with Crippen LogP contribution >= 0.6 is 0 Å². The number of nitrogens with zero attached hydrogens (tertiary/aromatic N) is 3. The first kappa shape index (κ1) is 21.9. The smallest absolute Gasteiger partial charge is 0.265 e. The largest absolute Gasteiger partial charge is 0.482 e. The lowest BCUT2D eigenvalue weighted by Gasteiger charge is -2.34. The van der Waals surface area contributed by atoms with Gasteiger partial charge < -0.3 is 25.2 Å². The molecular weight excluding hydrogens is 382 g/mol. The molecule has 1 saturated heterocycles. The van der Waals surface area contributed by atoms with Gasteiger partial charge in [-0.3, -0.25) is 14.6 Å². The topological polar surface area (TPSA) is 86.3 Å². The minimum absolute atomic E-state index is 0.0149. The van der Waals surface area contributed by atoms with Gasteiger partial charge in [0.1, 0.15) is 5.75 Å². The standard InChI is InChI=1S/C22H33N5O3/c1-16(2)21(29)26-13-9-17(10-14-26)25-22(23-3)24-11-6-12-27-18-7-4-5-8-19(18)30-15-20(27)28/h4-5,7-8,16-17H,6,9-15H2,1-3H3,(H2,23,24,25). The third-order valence-electron chi connectivity index (χ3n) is 5.52. The maximum absolute atomic E-state index is 12.2. The molecule has 0 saturated carbocycles. The van der Waals surface area contributed by atoms with E-state index in [1.54, 1.807) is 11.9 Å². The summed E-state index contributed by atoms with van der Waals surface area (Å²) in [5.41, 5.74) is 0.832. The molecule has 2 aliphatic heterocycles. The predicted octanol–water partition coefficient (Wildman–Crippen LogP) is 1.61. The molecule has 0 bridgehead atoms. The molecule has 2 N–H and O–H groups in total. The predicted molar refractivity (Wildman–Crippen MR) is 118 cm³/mol. The Hall–Kier alpha value is -2.77. The second-order valence-electron chi connectivity index (χ2n) is 8.05. The number of aliphatic imine (C=N–C) groups is 1. The molecule has 2 amide bonds. The molecule has 1 fully saturated rings. The minimum Gasteiger partial charge on any atom is -0.482 e. The number of rotatable bonds is 6. The number of hydrogen-bond acceptors (Lipinski definition) is 4. The second kappa shape index (κ2) is 10.3. The number of likely N-dealkylation sites (tertiary alicyclic amines) is 1. The number of carbonyl (C=O) groups excluding carboxylic acids is 2. The molecule has 1 aromatic rings. The maximum atomic E-state index is 12.2. The van der Waals surface area contributed by atoms with E-state index in [2.05, 4.69) is 15.6 Å². The number of hydrogen-bond donors (Lipinski definition) is 2. The van der Waals surface area contributed by atoms with Gasteiger partial charge in [0.25, 0.3) is 5.91 Å². The van der Waals surface area contributed by atoms with Crippen LogP contribution in [0.4, 0.5) is 5.69 Å². The van der Waals surface area contributed by atoms with E-state index in [4.69, 9.17) is 4.74 Å². The molecule has 0 aromatic heterocycles. The van der Waals surface area contributed by atoms with E-state index in [-0.39, 0.29) is 24.3 Å². The summed E-state index contributed by atoms with van der Waals surface area (Å²) in [5, 5.41) is 6.79. The Morgan fingerprint density at radius 3 is 2.70 bits per heavy atom. The zero-order valence-corrected chi connectivity index (χ0v) is 18.2. The van der Waals surface area contributed by atoms with Gasteiger partial charge >= 0.3 is 0 Å². The van der Waals surface area contributed by atoms with Crippen molar-refractivity contribution in [3.05, 3.63) is 24.3 Å². The number of carbonyl (C=O) groups is 2. The molecule has 8 nitrogen and oxygen atoms in total. The first-order valence-corrected chi connectivity index (χ1v) is 10.8. The fourth-order valence-corrected chi connectivity index (χ4v) is 3.84. The molecule has 1 aromatic carbocycles. The zero-order chi connectivity index (χ0) is 21.5. The lowest BCUT2D eigenvalue weighted by atomic mass is 10.0. The number of benzene rings is 1. The molecule has 8 heteroatoms. The Morgan fingerprint density at radius 1 is 1.27 bits per heavy atom. The lowest BCUT2D eigenvalue weighted by molar-refractivity contribution is -0.135. The third-order valence-corrected chi connectivity index (χ3v) is 5.52. The average Bonchev–Trinajstić information content (AvgIpc) is 2.76. The lowest BCUT2D eigenvalue weighted by Crippen LogP contribution is -2.50. The molecule has 0 spiro atoms. The monoisotopic (exact) mass is 415 g/mol. The molecular formula is C22H33N5O3. The van der Waals surface area contributed by atoms with Crippen LogP contribution in [-0.2, 0) is 9.59 Å². The van der Waals surface area contributed by atoms with Crippen molar-refractivity contribution in [1.82, 2.24) is 15.5 Å². The molecule has 3 rings (SSSR count). The number of ether oxygens (including phenoxy) is 1. The van der Waals surface area contributed by atoms with E-state index < -0.39 is 0 Å². The van der Waals surface area contributed by atoms with Crippen LogP contribution in [0.25, 0.3) is 0 Å². The average molecular weight is 416 g/mol. The van der Waals surface area contributed by atoms with Gasteiger partial charge in [-0.2, -0.15) is 0 Å². The number of amides is 2.